The predicted octanol–water partition coefficient (Wildman–Crippen LogP) is 3.06. The summed E-state index contributed by atoms with van der Waals surface area (Å²) in [5, 5.41) is 0. The van der Waals surface area contributed by atoms with Gasteiger partial charge in [0, 0.05) is 29.8 Å². The molecule has 1 heterocycles. The first-order chi connectivity index (χ1) is 9.11. The Morgan fingerprint density at radius 1 is 1.42 bits per heavy atom. The van der Waals surface area contributed by atoms with Gasteiger partial charge in [0.2, 0.25) is 0 Å². The maximum Gasteiger partial charge on any atom is 0.270 e. The summed E-state index contributed by atoms with van der Waals surface area (Å²) in [5.74, 6) is 0.728. The van der Waals surface area contributed by atoms with Crippen molar-refractivity contribution in [1.29, 1.82) is 0 Å². The Hall–Kier alpha value is -1.75. The van der Waals surface area contributed by atoms with E-state index in [0.717, 1.165) is 15.8 Å². The number of rotatable bonds is 4. The van der Waals surface area contributed by atoms with Crippen LogP contribution in [0, 0.1) is 0 Å². The fourth-order valence-electron chi connectivity index (χ4n) is 1.86. The van der Waals surface area contributed by atoms with Crippen LogP contribution in [0.1, 0.15) is 16.1 Å². The van der Waals surface area contributed by atoms with Crippen molar-refractivity contribution in [2.45, 2.75) is 6.54 Å². The first kappa shape index (κ1) is 13.7. The SMILES string of the molecule is COc1ccccc1CN(C)C(=O)c1cc(Br)c[nH]1. The van der Waals surface area contributed by atoms with E-state index in [9.17, 15) is 4.79 Å². The van der Waals surface area contributed by atoms with Crippen molar-refractivity contribution in [3.63, 3.8) is 0 Å². The van der Waals surface area contributed by atoms with E-state index in [1.165, 1.54) is 0 Å². The Bertz CT molecular complexity index is 580. The fourth-order valence-corrected chi connectivity index (χ4v) is 2.20. The van der Waals surface area contributed by atoms with E-state index in [1.807, 2.05) is 24.3 Å². The molecule has 2 rings (SSSR count). The van der Waals surface area contributed by atoms with Crippen LogP contribution in [0.3, 0.4) is 0 Å². The molecule has 1 aromatic heterocycles. The van der Waals surface area contributed by atoms with Crippen molar-refractivity contribution in [3.8, 4) is 5.75 Å². The normalized spacial score (nSPS) is 10.3. The molecule has 0 atom stereocenters. The van der Waals surface area contributed by atoms with Gasteiger partial charge >= 0.3 is 0 Å². The fraction of sp³-hybridized carbons (Fsp3) is 0.214. The lowest BCUT2D eigenvalue weighted by Gasteiger charge is -2.18. The molecule has 0 saturated heterocycles. The molecule has 1 amide bonds. The van der Waals surface area contributed by atoms with Crippen LogP contribution in [0.4, 0.5) is 0 Å². The number of benzene rings is 1. The molecule has 1 aromatic carbocycles. The summed E-state index contributed by atoms with van der Waals surface area (Å²) >= 11 is 3.32. The topological polar surface area (TPSA) is 45.3 Å². The number of aromatic amines is 1. The summed E-state index contributed by atoms with van der Waals surface area (Å²) in [6.07, 6.45) is 1.74. The van der Waals surface area contributed by atoms with Crippen molar-refractivity contribution < 1.29 is 9.53 Å². The van der Waals surface area contributed by atoms with Crippen molar-refractivity contribution in [2.24, 2.45) is 0 Å². The maximum atomic E-state index is 12.2. The van der Waals surface area contributed by atoms with Crippen LogP contribution >= 0.6 is 15.9 Å². The summed E-state index contributed by atoms with van der Waals surface area (Å²) in [5.41, 5.74) is 1.54. The number of hydrogen-bond acceptors (Lipinski definition) is 2. The summed E-state index contributed by atoms with van der Waals surface area (Å²) in [6, 6.07) is 9.45. The van der Waals surface area contributed by atoms with Gasteiger partial charge in [0.1, 0.15) is 11.4 Å². The largest absolute Gasteiger partial charge is 0.496 e. The van der Waals surface area contributed by atoms with Crippen LogP contribution in [-0.4, -0.2) is 29.9 Å². The van der Waals surface area contributed by atoms with Gasteiger partial charge in [-0.05, 0) is 28.1 Å². The number of amides is 1. The number of hydrogen-bond donors (Lipinski definition) is 1. The molecule has 5 heteroatoms. The predicted molar refractivity (Wildman–Crippen MR) is 77.3 cm³/mol. The van der Waals surface area contributed by atoms with E-state index in [-0.39, 0.29) is 5.91 Å². The lowest BCUT2D eigenvalue weighted by atomic mass is 10.2. The highest BCUT2D eigenvalue weighted by Crippen LogP contribution is 2.20. The molecule has 2 aromatic rings. The zero-order chi connectivity index (χ0) is 13.8. The van der Waals surface area contributed by atoms with Gasteiger partial charge in [-0.2, -0.15) is 0 Å². The third-order valence-electron chi connectivity index (χ3n) is 2.82. The zero-order valence-corrected chi connectivity index (χ0v) is 12.4. The molecule has 0 unspecified atom stereocenters. The monoisotopic (exact) mass is 322 g/mol. The summed E-state index contributed by atoms with van der Waals surface area (Å²) in [4.78, 5) is 16.8. The molecule has 0 aliphatic carbocycles. The highest BCUT2D eigenvalue weighted by molar-refractivity contribution is 9.10. The first-order valence-electron chi connectivity index (χ1n) is 5.83. The van der Waals surface area contributed by atoms with Crippen LogP contribution in [0.25, 0.3) is 0 Å². The summed E-state index contributed by atoms with van der Waals surface area (Å²) in [7, 11) is 3.40. The number of halogens is 1. The number of para-hydroxylation sites is 1. The molecule has 4 nitrogen and oxygen atoms in total. The van der Waals surface area contributed by atoms with Gasteiger partial charge in [-0.25, -0.2) is 0 Å². The van der Waals surface area contributed by atoms with E-state index in [4.69, 9.17) is 4.74 Å². The third-order valence-corrected chi connectivity index (χ3v) is 3.28. The van der Waals surface area contributed by atoms with Gasteiger partial charge in [0.05, 0.1) is 7.11 Å². The molecular weight excluding hydrogens is 308 g/mol. The average Bonchev–Trinajstić information content (AvgIpc) is 2.85. The second-order valence-corrected chi connectivity index (χ2v) is 5.12. The van der Waals surface area contributed by atoms with Crippen LogP contribution in [-0.2, 0) is 6.54 Å². The molecule has 100 valence electrons. The van der Waals surface area contributed by atoms with Crippen molar-refractivity contribution in [2.75, 3.05) is 14.2 Å². The van der Waals surface area contributed by atoms with Crippen LogP contribution < -0.4 is 4.74 Å². The number of nitrogens with one attached hydrogen (secondary N) is 1. The van der Waals surface area contributed by atoms with Gasteiger partial charge in [0.25, 0.3) is 5.91 Å². The number of carbonyl (C=O) groups is 1. The van der Waals surface area contributed by atoms with E-state index < -0.39 is 0 Å². The highest BCUT2D eigenvalue weighted by Gasteiger charge is 2.15. The molecule has 0 aliphatic rings. The molecule has 0 saturated carbocycles. The first-order valence-corrected chi connectivity index (χ1v) is 6.62. The van der Waals surface area contributed by atoms with E-state index in [1.54, 1.807) is 31.3 Å². The van der Waals surface area contributed by atoms with Crippen LogP contribution in [0.5, 0.6) is 5.75 Å². The standard InChI is InChI=1S/C14H15BrN2O2/c1-17(14(18)12-7-11(15)8-16-12)9-10-5-3-4-6-13(10)19-2/h3-8,16H,9H2,1-2H3. The zero-order valence-electron chi connectivity index (χ0n) is 10.8. The highest BCUT2D eigenvalue weighted by atomic mass is 79.9. The van der Waals surface area contributed by atoms with Crippen molar-refractivity contribution >= 4 is 21.8 Å². The Kier molecular flexibility index (Phi) is 4.27. The Labute approximate surface area is 120 Å². The van der Waals surface area contributed by atoms with Gasteiger partial charge < -0.3 is 14.6 Å². The van der Waals surface area contributed by atoms with Crippen molar-refractivity contribution in [3.05, 3.63) is 52.3 Å². The summed E-state index contributed by atoms with van der Waals surface area (Å²) in [6.45, 7) is 0.499. The van der Waals surface area contributed by atoms with Crippen LogP contribution in [0.2, 0.25) is 0 Å². The van der Waals surface area contributed by atoms with Gasteiger partial charge in [0.15, 0.2) is 0 Å². The minimum Gasteiger partial charge on any atom is -0.496 e. The molecule has 0 spiro atoms. The quantitative estimate of drug-likeness (QED) is 0.940. The molecule has 0 fully saturated rings. The molecule has 19 heavy (non-hydrogen) atoms. The van der Waals surface area contributed by atoms with Crippen molar-refractivity contribution in [1.82, 2.24) is 9.88 Å². The molecule has 0 radical (unpaired) electrons. The average molecular weight is 323 g/mol. The number of methoxy groups -OCH3 is 1. The lowest BCUT2D eigenvalue weighted by molar-refractivity contribution is 0.0779. The van der Waals surface area contributed by atoms with E-state index in [0.29, 0.717) is 12.2 Å². The smallest absolute Gasteiger partial charge is 0.270 e. The molecule has 1 N–H and O–H groups in total. The summed E-state index contributed by atoms with van der Waals surface area (Å²) < 4.78 is 6.15. The van der Waals surface area contributed by atoms with E-state index >= 15 is 0 Å². The second-order valence-electron chi connectivity index (χ2n) is 4.20. The number of ether oxygens (including phenoxy) is 1. The number of nitrogens with zero attached hydrogens (tertiary/aromatic N) is 1. The maximum absolute atomic E-state index is 12.2. The Balaban J connectivity index is 2.12. The van der Waals surface area contributed by atoms with Gasteiger partial charge in [-0.3, -0.25) is 4.79 Å². The Morgan fingerprint density at radius 3 is 2.79 bits per heavy atom. The number of carbonyl (C=O) groups excluding carboxylic acids is 1. The minimum atomic E-state index is -0.0587. The molecule has 0 aliphatic heterocycles. The van der Waals surface area contributed by atoms with Crippen LogP contribution in [0.15, 0.2) is 41.0 Å². The van der Waals surface area contributed by atoms with E-state index in [2.05, 4.69) is 20.9 Å². The second kappa shape index (κ2) is 5.93. The number of aromatic nitrogens is 1. The van der Waals surface area contributed by atoms with Gasteiger partial charge in [-0.15, -0.1) is 0 Å². The minimum absolute atomic E-state index is 0.0587. The third kappa shape index (κ3) is 3.17. The Morgan fingerprint density at radius 2 is 2.16 bits per heavy atom. The van der Waals surface area contributed by atoms with Gasteiger partial charge in [-0.1, -0.05) is 18.2 Å². The lowest BCUT2D eigenvalue weighted by Crippen LogP contribution is -2.26. The number of H-pyrrole nitrogens is 1. The molecular formula is C14H15BrN2O2. The molecule has 0 bridgehead atoms.